The van der Waals surface area contributed by atoms with Crippen LogP contribution in [0, 0.1) is 11.3 Å². The molecule has 2 atom stereocenters. The molecule has 1 aliphatic rings. The average molecular weight is 516 g/mol. The highest BCUT2D eigenvalue weighted by atomic mass is 32.1. The van der Waals surface area contributed by atoms with E-state index in [1.54, 1.807) is 12.1 Å². The summed E-state index contributed by atoms with van der Waals surface area (Å²) in [5, 5.41) is 7.52. The molecular formula is C25H39F2N3O4S. The number of carboxylic acid groups (broad SMARTS) is 1. The van der Waals surface area contributed by atoms with Crippen molar-refractivity contribution >= 4 is 17.8 Å². The molecule has 0 aromatic carbocycles. The lowest BCUT2D eigenvalue weighted by Gasteiger charge is -2.43. The van der Waals surface area contributed by atoms with Gasteiger partial charge in [-0.2, -0.15) is 8.78 Å². The van der Waals surface area contributed by atoms with Gasteiger partial charge < -0.3 is 14.6 Å². The van der Waals surface area contributed by atoms with Crippen molar-refractivity contribution in [1.29, 1.82) is 0 Å². The molecule has 1 N–H and O–H groups in total. The van der Waals surface area contributed by atoms with E-state index in [-0.39, 0.29) is 23.9 Å². The lowest BCUT2D eigenvalue weighted by Crippen LogP contribution is -2.47. The van der Waals surface area contributed by atoms with E-state index in [4.69, 9.17) is 14.6 Å². The zero-order valence-electron chi connectivity index (χ0n) is 21.5. The maximum absolute atomic E-state index is 12.7. The quantitative estimate of drug-likeness (QED) is 0.419. The third kappa shape index (κ3) is 10.5. The van der Waals surface area contributed by atoms with Crippen molar-refractivity contribution in [3.8, 4) is 16.5 Å². The normalized spacial score (nSPS) is 18.2. The summed E-state index contributed by atoms with van der Waals surface area (Å²) < 4.78 is 36.0. The van der Waals surface area contributed by atoms with Gasteiger partial charge in [-0.05, 0) is 36.3 Å². The van der Waals surface area contributed by atoms with Gasteiger partial charge in [0.1, 0.15) is 5.01 Å². The summed E-state index contributed by atoms with van der Waals surface area (Å²) in [5.74, 6) is 0.456. The number of nitrogens with zero attached hydrogens (tertiary/aromatic N) is 3. The van der Waals surface area contributed by atoms with Crippen LogP contribution >= 0.6 is 11.3 Å². The van der Waals surface area contributed by atoms with Crippen LogP contribution in [0.4, 0.5) is 8.78 Å². The van der Waals surface area contributed by atoms with Crippen molar-refractivity contribution in [1.82, 2.24) is 14.9 Å². The summed E-state index contributed by atoms with van der Waals surface area (Å²) in [4.78, 5) is 20.3. The molecule has 7 nitrogen and oxygen atoms in total. The monoisotopic (exact) mass is 515 g/mol. The third-order valence-electron chi connectivity index (χ3n) is 5.41. The maximum Gasteiger partial charge on any atom is 0.388 e. The van der Waals surface area contributed by atoms with Crippen molar-refractivity contribution in [2.75, 3.05) is 19.7 Å². The second kappa shape index (κ2) is 15.7. The number of alkyl halides is 2. The summed E-state index contributed by atoms with van der Waals surface area (Å²) in [5.41, 5.74) is 0.701. The Morgan fingerprint density at radius 3 is 2.57 bits per heavy atom. The van der Waals surface area contributed by atoms with Gasteiger partial charge in [-0.1, -0.05) is 41.5 Å². The fraction of sp³-hybridized carbons (Fsp3) is 0.640. The summed E-state index contributed by atoms with van der Waals surface area (Å²) in [7, 11) is 0. The van der Waals surface area contributed by atoms with Gasteiger partial charge in [0, 0.05) is 43.5 Å². The molecule has 35 heavy (non-hydrogen) atoms. The topological polar surface area (TPSA) is 84.8 Å². The van der Waals surface area contributed by atoms with Crippen molar-refractivity contribution in [3.63, 3.8) is 0 Å². The Morgan fingerprint density at radius 2 is 1.97 bits per heavy atom. The summed E-state index contributed by atoms with van der Waals surface area (Å²) in [6, 6.07) is 3.40. The highest BCUT2D eigenvalue weighted by Crippen LogP contribution is 2.36. The van der Waals surface area contributed by atoms with E-state index in [0.717, 1.165) is 44.0 Å². The van der Waals surface area contributed by atoms with E-state index < -0.39 is 6.61 Å². The predicted octanol–water partition coefficient (Wildman–Crippen LogP) is 6.20. The minimum absolute atomic E-state index is 0.0906. The molecule has 2 aromatic rings. The zero-order valence-corrected chi connectivity index (χ0v) is 22.4. The first-order valence-electron chi connectivity index (χ1n) is 11.9. The molecule has 3 rings (SSSR count). The van der Waals surface area contributed by atoms with Crippen molar-refractivity contribution in [2.24, 2.45) is 11.3 Å². The number of rotatable bonds is 8. The van der Waals surface area contributed by atoms with Gasteiger partial charge in [-0.15, -0.1) is 11.3 Å². The number of hydrogen-bond acceptors (Lipinski definition) is 7. The van der Waals surface area contributed by atoms with Gasteiger partial charge >= 0.3 is 6.61 Å². The fourth-order valence-corrected chi connectivity index (χ4v) is 4.73. The SMILES string of the molecule is CC.CCCOC1CC(C(C)(C)C)CN(Cc2cnc(-c3cccnc3OC(F)F)s2)C1.O=CO. The van der Waals surface area contributed by atoms with Gasteiger partial charge in [0.15, 0.2) is 0 Å². The van der Waals surface area contributed by atoms with Gasteiger partial charge in [-0.3, -0.25) is 9.69 Å². The lowest BCUT2D eigenvalue weighted by molar-refractivity contribution is -0.122. The molecule has 0 saturated carbocycles. The number of halogens is 2. The van der Waals surface area contributed by atoms with Gasteiger partial charge in [0.25, 0.3) is 6.47 Å². The van der Waals surface area contributed by atoms with E-state index in [0.29, 0.717) is 16.5 Å². The second-order valence-electron chi connectivity index (χ2n) is 8.96. The van der Waals surface area contributed by atoms with Crippen molar-refractivity contribution in [3.05, 3.63) is 29.4 Å². The van der Waals surface area contributed by atoms with Crippen LogP contribution in [0.25, 0.3) is 10.6 Å². The summed E-state index contributed by atoms with van der Waals surface area (Å²) in [6.07, 6.45) is 5.59. The Bertz CT molecular complexity index is 861. The van der Waals surface area contributed by atoms with Crippen LogP contribution in [0.3, 0.4) is 0 Å². The van der Waals surface area contributed by atoms with E-state index >= 15 is 0 Å². The molecule has 3 heterocycles. The molecule has 2 aromatic heterocycles. The molecule has 0 radical (unpaired) electrons. The minimum atomic E-state index is -2.92. The molecular weight excluding hydrogens is 476 g/mol. The maximum atomic E-state index is 12.7. The third-order valence-corrected chi connectivity index (χ3v) is 6.42. The van der Waals surface area contributed by atoms with Crippen LogP contribution in [0.5, 0.6) is 5.88 Å². The van der Waals surface area contributed by atoms with Gasteiger partial charge in [0.2, 0.25) is 5.88 Å². The van der Waals surface area contributed by atoms with E-state index in [1.165, 1.54) is 17.5 Å². The average Bonchev–Trinajstić information content (AvgIpc) is 3.27. The van der Waals surface area contributed by atoms with Gasteiger partial charge in [0.05, 0.1) is 11.7 Å². The van der Waals surface area contributed by atoms with Crippen LogP contribution in [-0.2, 0) is 16.1 Å². The largest absolute Gasteiger partial charge is 0.483 e. The Hall–Kier alpha value is -2.17. The highest BCUT2D eigenvalue weighted by molar-refractivity contribution is 7.15. The Balaban J connectivity index is 0.00000114. The number of ether oxygens (including phenoxy) is 2. The molecule has 10 heteroatoms. The first-order chi connectivity index (χ1) is 16.7. The predicted molar refractivity (Wildman–Crippen MR) is 135 cm³/mol. The molecule has 0 amide bonds. The number of aromatic nitrogens is 2. The smallest absolute Gasteiger partial charge is 0.388 e. The minimum Gasteiger partial charge on any atom is -0.483 e. The molecule has 0 bridgehead atoms. The number of likely N-dealkylation sites (tertiary alicyclic amines) is 1. The molecule has 2 unspecified atom stereocenters. The van der Waals surface area contributed by atoms with E-state index in [2.05, 4.69) is 47.3 Å². The van der Waals surface area contributed by atoms with Crippen LogP contribution < -0.4 is 4.74 Å². The highest BCUT2D eigenvalue weighted by Gasteiger charge is 2.34. The van der Waals surface area contributed by atoms with Crippen LogP contribution in [-0.4, -0.2) is 58.9 Å². The molecule has 1 saturated heterocycles. The standard InChI is InChI=1S/C22H31F2N3O2S.C2H6.CH2O2/c1-5-9-28-16-10-15(22(2,3)4)12-27(13-16)14-17-11-26-20(30-17)18-7-6-8-25-19(18)29-21(23)24;1-2;2-1-3/h6-8,11,15-16,21H,5,9-10,12-14H2,1-4H3;1-2H3;1H,(H,2,3). The summed E-state index contributed by atoms with van der Waals surface area (Å²) >= 11 is 1.49. The fourth-order valence-electron chi connectivity index (χ4n) is 3.76. The Labute approximate surface area is 211 Å². The first kappa shape index (κ1) is 30.9. The van der Waals surface area contributed by atoms with Crippen LogP contribution in [0.2, 0.25) is 0 Å². The number of hydrogen-bond donors (Lipinski definition) is 1. The van der Waals surface area contributed by atoms with E-state index in [1.807, 2.05) is 20.0 Å². The number of thiazole rings is 1. The lowest BCUT2D eigenvalue weighted by atomic mass is 9.75. The zero-order chi connectivity index (χ0) is 26.4. The molecule has 1 fully saturated rings. The van der Waals surface area contributed by atoms with Crippen molar-refractivity contribution in [2.45, 2.75) is 73.6 Å². The van der Waals surface area contributed by atoms with Crippen molar-refractivity contribution < 1.29 is 28.2 Å². The molecule has 1 aliphatic heterocycles. The summed E-state index contributed by atoms with van der Waals surface area (Å²) in [6.45, 7) is 13.3. The molecule has 198 valence electrons. The number of piperidine rings is 1. The number of pyridine rings is 1. The molecule has 0 spiro atoms. The van der Waals surface area contributed by atoms with E-state index in [9.17, 15) is 8.78 Å². The Kier molecular flexibility index (Phi) is 13.9. The molecule has 0 aliphatic carbocycles. The van der Waals surface area contributed by atoms with Gasteiger partial charge in [-0.25, -0.2) is 9.97 Å². The number of carbonyl (C=O) groups is 1. The Morgan fingerprint density at radius 1 is 1.29 bits per heavy atom. The van der Waals surface area contributed by atoms with Crippen LogP contribution in [0.15, 0.2) is 24.5 Å². The first-order valence-corrected chi connectivity index (χ1v) is 12.8. The van der Waals surface area contributed by atoms with Crippen LogP contribution in [0.1, 0.15) is 59.3 Å². The second-order valence-corrected chi connectivity index (χ2v) is 10.1.